The molecule has 0 aliphatic carbocycles. The van der Waals surface area contributed by atoms with E-state index in [0.717, 1.165) is 0 Å². The van der Waals surface area contributed by atoms with E-state index in [9.17, 15) is 19.8 Å². The lowest BCUT2D eigenvalue weighted by atomic mass is 9.68. The second-order valence-corrected chi connectivity index (χ2v) is 5.20. The molecule has 0 aromatic carbocycles. The Morgan fingerprint density at radius 2 is 1.89 bits per heavy atom. The Labute approximate surface area is 111 Å². The van der Waals surface area contributed by atoms with Gasteiger partial charge in [0.25, 0.3) is 0 Å². The van der Waals surface area contributed by atoms with Crippen LogP contribution in [-0.4, -0.2) is 47.6 Å². The van der Waals surface area contributed by atoms with Gasteiger partial charge in [-0.15, -0.1) is 6.58 Å². The Morgan fingerprint density at radius 1 is 1.32 bits per heavy atom. The third-order valence-electron chi connectivity index (χ3n) is 3.79. The molecule has 2 heterocycles. The zero-order valence-corrected chi connectivity index (χ0v) is 10.6. The molecule has 19 heavy (non-hydrogen) atoms. The summed E-state index contributed by atoms with van der Waals surface area (Å²) in [5, 5.41) is 19.0. The number of hydrogen-bond donors (Lipinski definition) is 2. The molecule has 0 spiro atoms. The molecule has 6 heteroatoms. The molecule has 2 saturated heterocycles. The van der Waals surface area contributed by atoms with Crippen LogP contribution in [0.1, 0.15) is 19.3 Å². The molecule has 4 unspecified atom stereocenters. The van der Waals surface area contributed by atoms with E-state index in [0.29, 0.717) is 13.2 Å². The zero-order chi connectivity index (χ0) is 14.0. The van der Waals surface area contributed by atoms with Crippen LogP contribution in [0.2, 0.25) is 0 Å². The van der Waals surface area contributed by atoms with Gasteiger partial charge in [0.1, 0.15) is 0 Å². The maximum Gasteiger partial charge on any atom is 0.310 e. The first kappa shape index (κ1) is 14.0. The van der Waals surface area contributed by atoms with E-state index in [1.807, 2.05) is 0 Å². The summed E-state index contributed by atoms with van der Waals surface area (Å²) in [6.07, 6.45) is 1.73. The standard InChI is InChI=1S/C13H18O6/c1-2-3-13(12(16)17,5-9-7-19-9)10(11(14)15)4-8-6-18-8/h2,8-10H,1,3-7H2,(H,14,15)(H,16,17). The number of carbonyl (C=O) groups is 2. The van der Waals surface area contributed by atoms with Gasteiger partial charge in [0.2, 0.25) is 0 Å². The Hall–Kier alpha value is -1.40. The van der Waals surface area contributed by atoms with E-state index in [2.05, 4.69) is 6.58 Å². The van der Waals surface area contributed by atoms with Crippen molar-refractivity contribution >= 4 is 11.9 Å². The van der Waals surface area contributed by atoms with Crippen molar-refractivity contribution in [2.45, 2.75) is 31.5 Å². The molecule has 2 fully saturated rings. The fourth-order valence-corrected chi connectivity index (χ4v) is 2.57. The van der Waals surface area contributed by atoms with Gasteiger partial charge in [0.05, 0.1) is 36.8 Å². The third kappa shape index (κ3) is 3.13. The van der Waals surface area contributed by atoms with Crippen LogP contribution in [0.25, 0.3) is 0 Å². The molecule has 0 aromatic rings. The predicted octanol–water partition coefficient (Wildman–Crippen LogP) is 0.912. The monoisotopic (exact) mass is 270 g/mol. The van der Waals surface area contributed by atoms with Gasteiger partial charge in [-0.2, -0.15) is 0 Å². The van der Waals surface area contributed by atoms with Crippen LogP contribution in [0.15, 0.2) is 12.7 Å². The average molecular weight is 270 g/mol. The van der Waals surface area contributed by atoms with Crippen molar-refractivity contribution in [1.82, 2.24) is 0 Å². The number of carboxylic acids is 2. The lowest BCUT2D eigenvalue weighted by Gasteiger charge is -2.33. The van der Waals surface area contributed by atoms with Gasteiger partial charge in [-0.1, -0.05) is 6.08 Å². The Balaban J connectivity index is 2.25. The van der Waals surface area contributed by atoms with Gasteiger partial charge >= 0.3 is 11.9 Å². The highest BCUT2D eigenvalue weighted by Crippen LogP contribution is 2.44. The van der Waals surface area contributed by atoms with Crippen molar-refractivity contribution in [1.29, 1.82) is 0 Å². The lowest BCUT2D eigenvalue weighted by molar-refractivity contribution is -0.164. The van der Waals surface area contributed by atoms with Crippen LogP contribution >= 0.6 is 0 Å². The van der Waals surface area contributed by atoms with E-state index in [1.54, 1.807) is 0 Å². The number of aliphatic carboxylic acids is 2. The third-order valence-corrected chi connectivity index (χ3v) is 3.79. The van der Waals surface area contributed by atoms with E-state index in [1.165, 1.54) is 6.08 Å². The van der Waals surface area contributed by atoms with E-state index < -0.39 is 23.3 Å². The highest BCUT2D eigenvalue weighted by atomic mass is 16.6. The molecule has 6 nitrogen and oxygen atoms in total. The number of allylic oxidation sites excluding steroid dienone is 1. The minimum absolute atomic E-state index is 0.117. The fourth-order valence-electron chi connectivity index (χ4n) is 2.57. The molecule has 2 aliphatic rings. The molecular weight excluding hydrogens is 252 g/mol. The van der Waals surface area contributed by atoms with Crippen LogP contribution in [0, 0.1) is 11.3 Å². The second kappa shape index (κ2) is 5.30. The molecule has 0 bridgehead atoms. The molecule has 0 radical (unpaired) electrons. The van der Waals surface area contributed by atoms with Crippen molar-refractivity contribution < 1.29 is 29.3 Å². The van der Waals surface area contributed by atoms with Crippen molar-refractivity contribution in [2.75, 3.05) is 13.2 Å². The topological polar surface area (TPSA) is 99.7 Å². The first-order valence-corrected chi connectivity index (χ1v) is 6.30. The highest BCUT2D eigenvalue weighted by Gasteiger charge is 2.53. The van der Waals surface area contributed by atoms with E-state index in [4.69, 9.17) is 9.47 Å². The molecule has 2 N–H and O–H groups in total. The van der Waals surface area contributed by atoms with Gasteiger partial charge in [0.15, 0.2) is 0 Å². The van der Waals surface area contributed by atoms with Crippen LogP contribution in [0.3, 0.4) is 0 Å². The molecule has 2 rings (SSSR count). The summed E-state index contributed by atoms with van der Waals surface area (Å²) >= 11 is 0. The first-order valence-electron chi connectivity index (χ1n) is 6.30. The largest absolute Gasteiger partial charge is 0.481 e. The predicted molar refractivity (Wildman–Crippen MR) is 64.7 cm³/mol. The SMILES string of the molecule is C=CCC(CC1CO1)(C(=O)O)C(CC1CO1)C(=O)O. The molecular formula is C13H18O6. The minimum atomic E-state index is -1.36. The molecule has 0 aromatic heterocycles. The van der Waals surface area contributed by atoms with Gasteiger partial charge in [0, 0.05) is 0 Å². The quantitative estimate of drug-likeness (QED) is 0.477. The summed E-state index contributed by atoms with van der Waals surface area (Å²) in [4.78, 5) is 23.2. The molecule has 4 atom stereocenters. The summed E-state index contributed by atoms with van der Waals surface area (Å²) in [6.45, 7) is 4.57. The number of epoxide rings is 2. The van der Waals surface area contributed by atoms with Crippen LogP contribution in [0.4, 0.5) is 0 Å². The van der Waals surface area contributed by atoms with Crippen molar-refractivity contribution in [3.63, 3.8) is 0 Å². The fraction of sp³-hybridized carbons (Fsp3) is 0.692. The zero-order valence-electron chi connectivity index (χ0n) is 10.6. The summed E-state index contributed by atoms with van der Waals surface area (Å²) in [6, 6.07) is 0. The van der Waals surface area contributed by atoms with Crippen molar-refractivity contribution in [3.8, 4) is 0 Å². The number of rotatable bonds is 9. The van der Waals surface area contributed by atoms with Crippen LogP contribution in [0.5, 0.6) is 0 Å². The van der Waals surface area contributed by atoms with Crippen LogP contribution < -0.4 is 0 Å². The van der Waals surface area contributed by atoms with Gasteiger partial charge in [-0.25, -0.2) is 0 Å². The maximum absolute atomic E-state index is 11.7. The number of carboxylic acid groups (broad SMARTS) is 2. The van der Waals surface area contributed by atoms with Gasteiger partial charge in [-0.3, -0.25) is 9.59 Å². The highest BCUT2D eigenvalue weighted by molar-refractivity contribution is 5.83. The smallest absolute Gasteiger partial charge is 0.310 e. The summed E-state index contributed by atoms with van der Waals surface area (Å²) < 4.78 is 10.1. The van der Waals surface area contributed by atoms with Crippen LogP contribution in [-0.2, 0) is 19.1 Å². The van der Waals surface area contributed by atoms with Crippen molar-refractivity contribution in [3.05, 3.63) is 12.7 Å². The average Bonchev–Trinajstić information content (AvgIpc) is 3.20. The van der Waals surface area contributed by atoms with Gasteiger partial charge < -0.3 is 19.7 Å². The number of ether oxygens (including phenoxy) is 2. The first-order chi connectivity index (χ1) is 8.99. The minimum Gasteiger partial charge on any atom is -0.481 e. The summed E-state index contributed by atoms with van der Waals surface area (Å²) in [7, 11) is 0. The molecule has 0 amide bonds. The van der Waals surface area contributed by atoms with E-state index in [-0.39, 0.29) is 31.5 Å². The summed E-state index contributed by atoms with van der Waals surface area (Å²) in [5.74, 6) is -3.18. The Bertz CT molecular complexity index is 385. The maximum atomic E-state index is 11.7. The molecule has 2 aliphatic heterocycles. The van der Waals surface area contributed by atoms with E-state index >= 15 is 0 Å². The Morgan fingerprint density at radius 3 is 2.26 bits per heavy atom. The second-order valence-electron chi connectivity index (χ2n) is 5.20. The van der Waals surface area contributed by atoms with Crippen molar-refractivity contribution in [2.24, 2.45) is 11.3 Å². The normalized spacial score (nSPS) is 29.1. The molecule has 0 saturated carbocycles. The Kier molecular flexibility index (Phi) is 3.91. The lowest BCUT2D eigenvalue weighted by Crippen LogP contribution is -2.44. The molecule has 106 valence electrons. The summed E-state index contributed by atoms with van der Waals surface area (Å²) in [5.41, 5.74) is -1.36. The van der Waals surface area contributed by atoms with Gasteiger partial charge in [-0.05, 0) is 19.3 Å². The number of hydrogen-bond acceptors (Lipinski definition) is 4.